The van der Waals surface area contributed by atoms with Gasteiger partial charge in [-0.2, -0.15) is 0 Å². The number of aromatic hydroxyl groups is 1. The van der Waals surface area contributed by atoms with E-state index in [4.69, 9.17) is 10.5 Å². The Kier molecular flexibility index (Phi) is 15.7. The van der Waals surface area contributed by atoms with Gasteiger partial charge in [0.15, 0.2) is 23.6 Å². The number of aryl methyl sites for hydroxylation is 2. The zero-order chi connectivity index (χ0) is 58.3. The largest absolute Gasteiger partial charge is 0.504 e. The van der Waals surface area contributed by atoms with Crippen LogP contribution < -0.4 is 26.4 Å². The van der Waals surface area contributed by atoms with Crippen molar-refractivity contribution in [3.05, 3.63) is 117 Å². The lowest BCUT2D eigenvalue weighted by Gasteiger charge is -2.65. The summed E-state index contributed by atoms with van der Waals surface area (Å²) in [7, 11) is 1.49. The second-order valence-electron chi connectivity index (χ2n) is 27.6. The number of allylic oxidation sites excluding steroid dienone is 2. The summed E-state index contributed by atoms with van der Waals surface area (Å²) in [5.74, 6) is 8.27. The number of benzene rings is 3. The second-order valence-corrected chi connectivity index (χ2v) is 27.6. The third kappa shape index (κ3) is 10.1. The van der Waals surface area contributed by atoms with Crippen LogP contribution in [0.15, 0.2) is 83.8 Å². The van der Waals surface area contributed by atoms with Crippen LogP contribution in [0.3, 0.4) is 0 Å². The molecule has 13 rings (SSSR count). The molecule has 12 N–H and O–H groups in total. The number of Topliss-reactive ketones (excluding diaryl/α,β-unsaturated/α-hetero) is 2. The number of dihydropyridines is 1. The van der Waals surface area contributed by atoms with E-state index in [2.05, 4.69) is 83.2 Å². The van der Waals surface area contributed by atoms with E-state index in [-0.39, 0.29) is 120 Å². The van der Waals surface area contributed by atoms with E-state index in [0.717, 1.165) is 72.7 Å². The fourth-order valence-electron chi connectivity index (χ4n) is 19.3. The van der Waals surface area contributed by atoms with Gasteiger partial charge in [-0.15, -0.1) is 0 Å². The quantitative estimate of drug-likeness (QED) is 0.0376. The molecule has 0 amide bonds. The summed E-state index contributed by atoms with van der Waals surface area (Å²) in [6.07, 6.45) is 9.52. The molecule has 84 heavy (non-hydrogen) atoms. The normalized spacial score (nSPS) is 34.1. The Bertz CT molecular complexity index is 3290. The Labute approximate surface area is 494 Å². The van der Waals surface area contributed by atoms with Gasteiger partial charge in [0.05, 0.1) is 31.2 Å². The molecule has 0 bridgehead atoms. The van der Waals surface area contributed by atoms with Crippen LogP contribution in [0.25, 0.3) is 10.8 Å². The summed E-state index contributed by atoms with van der Waals surface area (Å²) in [5, 5.41) is 84.3. The highest BCUT2D eigenvalue weighted by Crippen LogP contribution is 2.68. The van der Waals surface area contributed by atoms with Crippen molar-refractivity contribution in [3.63, 3.8) is 0 Å². The number of aliphatic hydroxyl groups is 5. The Balaban J connectivity index is 0.845. The molecule has 3 heterocycles. The summed E-state index contributed by atoms with van der Waals surface area (Å²) in [6.45, 7) is 6.59. The van der Waals surface area contributed by atoms with Gasteiger partial charge in [0.1, 0.15) is 11.2 Å². The molecule has 7 aliphatic carbocycles. The molecule has 4 aromatic rings. The first-order valence-electron chi connectivity index (χ1n) is 32.1. The van der Waals surface area contributed by atoms with E-state index >= 15 is 4.79 Å². The molecule has 3 aromatic carbocycles. The Morgan fingerprint density at radius 2 is 1.71 bits per heavy atom. The van der Waals surface area contributed by atoms with E-state index in [1.165, 1.54) is 42.3 Å². The van der Waals surface area contributed by atoms with Crippen LogP contribution >= 0.6 is 0 Å². The highest BCUT2D eigenvalue weighted by atomic mass is 16.5. The first kappa shape index (κ1) is 57.6. The third-order valence-electron chi connectivity index (χ3n) is 23.3. The standard InChI is InChI=1S/C70H89N5O9/c1-4-37-33-73-60(71)31-49(37)48(40-12-11-38-9-5-6-10-39(38)25-40)30-55(78)54(77)26-42-19-23-70(58(80)17-14-41-27-57(84-3)56(79)29-47(41)42)24-20-43(28-59(70)81)62-45(16-18-61(82)83)50-35-72-52-32-53(76)46-15-13-44-34-74-68-63(44)64(46)67(52)65(50)66(68)51(62)36-75-69(2)21-7-8-22-69/h5-6,9-12,25,27,29,31,34,42-43,45-46,48,50-52,54-55,59,61-62,64-67,72-75,77-79,81-83H,4,7-8,13-18,20-22,24,26,28,30,32-33,35-36,71H2,1-3H3/t42-,43-,45-,46+,48-,50+,51+,52-,54-,55+,59-,62+,64-,65+,66-,67+,70+/m1/s1. The zero-order valence-electron chi connectivity index (χ0n) is 49.3. The molecular formula is C70H89N5O9. The lowest BCUT2D eigenvalue weighted by molar-refractivity contribution is -0.146. The number of H-pyrrole nitrogens is 1. The van der Waals surface area contributed by atoms with Gasteiger partial charge in [-0.25, -0.2) is 0 Å². The van der Waals surface area contributed by atoms with Crippen LogP contribution in [0.5, 0.6) is 11.5 Å². The summed E-state index contributed by atoms with van der Waals surface area (Å²) in [5.41, 5.74) is 13.6. The maximum atomic E-state index is 15.3. The number of nitrogens with two attached hydrogens (primary N) is 1. The zero-order valence-corrected chi connectivity index (χ0v) is 49.3. The Morgan fingerprint density at radius 3 is 2.49 bits per heavy atom. The number of rotatable bonds is 16. The number of ketones is 2. The van der Waals surface area contributed by atoms with Gasteiger partial charge in [-0.3, -0.25) is 9.59 Å². The van der Waals surface area contributed by atoms with Gasteiger partial charge >= 0.3 is 0 Å². The number of fused-ring (bicyclic) bond motifs is 3. The van der Waals surface area contributed by atoms with Crippen molar-refractivity contribution in [3.8, 4) is 23.3 Å². The number of phenolic OH excluding ortho intramolecular Hbond substituents is 1. The first-order valence-corrected chi connectivity index (χ1v) is 32.1. The van der Waals surface area contributed by atoms with Crippen LogP contribution in [-0.2, 0) is 22.4 Å². The molecule has 2 aliphatic heterocycles. The number of carbonyl (C=O) groups excluding carboxylic acids is 2. The molecule has 14 heteroatoms. The predicted molar refractivity (Wildman–Crippen MR) is 323 cm³/mol. The number of piperidine rings is 1. The van der Waals surface area contributed by atoms with Crippen molar-refractivity contribution < 1.29 is 45.0 Å². The number of hydrogen-bond acceptors (Lipinski definition) is 13. The molecule has 1 spiro atoms. The van der Waals surface area contributed by atoms with Crippen molar-refractivity contribution in [1.29, 1.82) is 0 Å². The minimum Gasteiger partial charge on any atom is -0.504 e. The number of ether oxygens (including phenoxy) is 1. The Hall–Kier alpha value is -5.50. The molecule has 17 atom stereocenters. The maximum Gasteiger partial charge on any atom is 0.160 e. The average molecular weight is 1140 g/mol. The van der Waals surface area contributed by atoms with Gasteiger partial charge in [-0.05, 0) is 213 Å². The molecule has 1 aromatic heterocycles. The maximum absolute atomic E-state index is 15.3. The number of phenols is 1. The van der Waals surface area contributed by atoms with E-state index in [1.807, 2.05) is 18.2 Å². The number of methoxy groups -OCH3 is 1. The van der Waals surface area contributed by atoms with Gasteiger partial charge in [0.2, 0.25) is 0 Å². The second kappa shape index (κ2) is 23.0. The molecule has 14 nitrogen and oxygen atoms in total. The SMILES string of the molecule is CCC1=C([C@H](C[C@H](O)[C@H](O)C[C@H]2C#C[C@]3(CC[C@@H]([C@H]4[C@H](CCC(O)O)[C@@H]5CN[C@@H]6CC(=O)[C@@H]7CCc8c[nH]c9c8[C@@H]7[C@H]6[C@@H]5[C@H]9[C@H]4CNC4(C)CCCC4)C[C@H]3O)C(=O)CCc3cc(OC)c(O)cc32)c2ccc3ccccc3c2)C=C(N)NC1. The summed E-state index contributed by atoms with van der Waals surface area (Å²) in [4.78, 5) is 33.2. The van der Waals surface area contributed by atoms with Crippen molar-refractivity contribution in [2.45, 2.75) is 183 Å². The minimum atomic E-state index is -1.46. The van der Waals surface area contributed by atoms with Gasteiger partial charge < -0.3 is 62.0 Å². The molecule has 4 saturated carbocycles. The van der Waals surface area contributed by atoms with Crippen LogP contribution in [0.1, 0.15) is 167 Å². The Morgan fingerprint density at radius 1 is 0.905 bits per heavy atom. The number of aromatic nitrogens is 1. The number of hydrogen-bond donors (Lipinski definition) is 11. The molecule has 9 aliphatic rings. The lowest BCUT2D eigenvalue weighted by Crippen LogP contribution is -2.67. The third-order valence-corrected chi connectivity index (χ3v) is 23.3. The van der Waals surface area contributed by atoms with Crippen molar-refractivity contribution in [1.82, 2.24) is 20.9 Å². The van der Waals surface area contributed by atoms with Crippen LogP contribution in [0, 0.1) is 64.6 Å². The minimum absolute atomic E-state index is 0.00823. The molecule has 0 unspecified atom stereocenters. The van der Waals surface area contributed by atoms with E-state index in [0.29, 0.717) is 61.7 Å². The number of aliphatic hydroxyl groups excluding tert-OH is 4. The lowest BCUT2D eigenvalue weighted by atomic mass is 9.41. The average Bonchev–Trinajstić information content (AvgIpc) is 1.19. The topological polar surface area (TPSA) is 243 Å². The number of carbonyl (C=O) groups is 2. The number of nitrogens with one attached hydrogen (secondary N) is 4. The molecular weight excluding hydrogens is 1050 g/mol. The first-order chi connectivity index (χ1) is 40.6. The van der Waals surface area contributed by atoms with Crippen molar-refractivity contribution in [2.24, 2.45) is 58.5 Å². The van der Waals surface area contributed by atoms with E-state index in [9.17, 15) is 35.4 Å². The number of aromatic amines is 1. The molecule has 1 saturated heterocycles. The van der Waals surface area contributed by atoms with Gasteiger partial charge in [0.25, 0.3) is 0 Å². The summed E-state index contributed by atoms with van der Waals surface area (Å²) in [6, 6.07) is 18.0. The van der Waals surface area contributed by atoms with Crippen molar-refractivity contribution in [2.75, 3.05) is 26.7 Å². The highest BCUT2D eigenvalue weighted by Gasteiger charge is 2.65. The van der Waals surface area contributed by atoms with Crippen LogP contribution in [0.2, 0.25) is 0 Å². The fourth-order valence-corrected chi connectivity index (χ4v) is 19.3. The van der Waals surface area contributed by atoms with E-state index in [1.54, 1.807) is 12.1 Å². The van der Waals surface area contributed by atoms with E-state index < -0.39 is 35.9 Å². The highest BCUT2D eigenvalue weighted by molar-refractivity contribution is 5.89. The van der Waals surface area contributed by atoms with Crippen LogP contribution in [0.4, 0.5) is 0 Å². The summed E-state index contributed by atoms with van der Waals surface area (Å²) < 4.78 is 5.62. The monoisotopic (exact) mass is 1140 g/mol. The predicted octanol–water partition coefficient (Wildman–Crippen LogP) is 8.14. The smallest absolute Gasteiger partial charge is 0.160 e. The van der Waals surface area contributed by atoms with Gasteiger partial charge in [-0.1, -0.05) is 74.1 Å². The fraction of sp³-hybridized carbons (Fsp3) is 0.600. The van der Waals surface area contributed by atoms with Crippen molar-refractivity contribution >= 4 is 22.3 Å². The van der Waals surface area contributed by atoms with Gasteiger partial charge in [0, 0.05) is 72.4 Å². The molecule has 0 radical (unpaired) electrons. The molecule has 448 valence electrons. The molecule has 5 fully saturated rings. The summed E-state index contributed by atoms with van der Waals surface area (Å²) >= 11 is 0. The van der Waals surface area contributed by atoms with Crippen LogP contribution in [-0.4, -0.2) is 110 Å².